The van der Waals surface area contributed by atoms with E-state index in [1.807, 2.05) is 24.3 Å². The normalized spacial score (nSPS) is 20.2. The van der Waals surface area contributed by atoms with Crippen molar-refractivity contribution in [3.8, 4) is 0 Å². The van der Waals surface area contributed by atoms with Gasteiger partial charge in [-0.05, 0) is 36.6 Å². The van der Waals surface area contributed by atoms with E-state index in [1.54, 1.807) is 15.9 Å². The molecule has 1 aromatic rings. The molecule has 1 N–H and O–H groups in total. The SMILES string of the molecule is Cl.O=C(O)C1CCN(C(=O)C=Cc2ccc(N3CCCC3=O)cc2)C1. The summed E-state index contributed by atoms with van der Waals surface area (Å²) in [6, 6.07) is 7.50. The highest BCUT2D eigenvalue weighted by Crippen LogP contribution is 2.22. The molecular weight excluding hydrogens is 344 g/mol. The molecule has 2 saturated heterocycles. The molecule has 0 saturated carbocycles. The summed E-state index contributed by atoms with van der Waals surface area (Å²) >= 11 is 0. The molecule has 0 aliphatic carbocycles. The van der Waals surface area contributed by atoms with Crippen LogP contribution in [0.15, 0.2) is 30.3 Å². The minimum Gasteiger partial charge on any atom is -0.481 e. The van der Waals surface area contributed by atoms with Gasteiger partial charge in [-0.2, -0.15) is 0 Å². The van der Waals surface area contributed by atoms with Crippen molar-refractivity contribution in [3.05, 3.63) is 35.9 Å². The molecule has 1 aromatic carbocycles. The van der Waals surface area contributed by atoms with Gasteiger partial charge in [0.2, 0.25) is 11.8 Å². The number of aliphatic carboxylic acids is 1. The second-order valence-corrected chi connectivity index (χ2v) is 6.18. The number of rotatable bonds is 4. The van der Waals surface area contributed by atoms with Crippen molar-refractivity contribution in [2.75, 3.05) is 24.5 Å². The van der Waals surface area contributed by atoms with Gasteiger partial charge >= 0.3 is 5.97 Å². The molecule has 1 unspecified atom stereocenters. The van der Waals surface area contributed by atoms with Gasteiger partial charge in [-0.25, -0.2) is 0 Å². The summed E-state index contributed by atoms with van der Waals surface area (Å²) in [5.74, 6) is -1.33. The van der Waals surface area contributed by atoms with Crippen LogP contribution in [-0.4, -0.2) is 47.4 Å². The number of anilines is 1. The lowest BCUT2D eigenvalue weighted by Crippen LogP contribution is -2.28. The van der Waals surface area contributed by atoms with Gasteiger partial charge in [0.05, 0.1) is 5.92 Å². The van der Waals surface area contributed by atoms with Crippen molar-refractivity contribution in [3.63, 3.8) is 0 Å². The molecule has 6 nitrogen and oxygen atoms in total. The summed E-state index contributed by atoms with van der Waals surface area (Å²) in [5, 5.41) is 8.97. The van der Waals surface area contributed by atoms with E-state index in [9.17, 15) is 14.4 Å². The Labute approximate surface area is 152 Å². The number of carbonyl (C=O) groups excluding carboxylic acids is 2. The van der Waals surface area contributed by atoms with Crippen molar-refractivity contribution < 1.29 is 19.5 Å². The second kappa shape index (κ2) is 8.16. The monoisotopic (exact) mass is 364 g/mol. The predicted octanol–water partition coefficient (Wildman–Crippen LogP) is 2.18. The first kappa shape index (κ1) is 19.0. The molecule has 2 fully saturated rings. The van der Waals surface area contributed by atoms with Crippen LogP contribution in [0, 0.1) is 5.92 Å². The maximum atomic E-state index is 12.1. The summed E-state index contributed by atoms with van der Waals surface area (Å²) in [6.45, 7) is 1.51. The van der Waals surface area contributed by atoms with Gasteiger partial charge in [-0.15, -0.1) is 12.4 Å². The van der Waals surface area contributed by atoms with Gasteiger partial charge in [0.1, 0.15) is 0 Å². The molecule has 1 atom stereocenters. The maximum Gasteiger partial charge on any atom is 0.308 e. The Kier molecular flexibility index (Phi) is 6.20. The third kappa shape index (κ3) is 4.39. The van der Waals surface area contributed by atoms with Crippen molar-refractivity contribution in [1.82, 2.24) is 4.90 Å². The molecule has 0 bridgehead atoms. The lowest BCUT2D eigenvalue weighted by Gasteiger charge is -2.15. The third-order valence-corrected chi connectivity index (χ3v) is 4.55. The average molecular weight is 365 g/mol. The van der Waals surface area contributed by atoms with Crippen LogP contribution in [0.4, 0.5) is 5.69 Å². The summed E-state index contributed by atoms with van der Waals surface area (Å²) in [4.78, 5) is 38.1. The molecule has 0 spiro atoms. The zero-order valence-electron chi connectivity index (χ0n) is 13.8. The highest BCUT2D eigenvalue weighted by molar-refractivity contribution is 5.95. The number of carboxylic acids is 1. The van der Waals surface area contributed by atoms with Crippen LogP contribution in [0.1, 0.15) is 24.8 Å². The molecular formula is C18H21ClN2O4. The molecule has 0 aromatic heterocycles. The van der Waals surface area contributed by atoms with Crippen LogP contribution >= 0.6 is 12.4 Å². The quantitative estimate of drug-likeness (QED) is 0.831. The summed E-state index contributed by atoms with van der Waals surface area (Å²) < 4.78 is 0. The van der Waals surface area contributed by atoms with Gasteiger partial charge in [-0.1, -0.05) is 12.1 Å². The summed E-state index contributed by atoms with van der Waals surface area (Å²) in [6.07, 6.45) is 5.19. The standard InChI is InChI=1S/C18H20N2O4.ClH/c21-16(19-11-9-14(12-19)18(23)24)8-5-13-3-6-15(7-4-13)20-10-1-2-17(20)22;/h3-8,14H,1-2,9-12H2,(H,23,24);1H. The number of amides is 2. The highest BCUT2D eigenvalue weighted by atomic mass is 35.5. The zero-order chi connectivity index (χ0) is 17.1. The molecule has 2 aliphatic rings. The number of carboxylic acid groups (broad SMARTS) is 1. The number of halogens is 1. The van der Waals surface area contributed by atoms with Crippen molar-refractivity contribution in [2.45, 2.75) is 19.3 Å². The first-order chi connectivity index (χ1) is 11.5. The first-order valence-corrected chi connectivity index (χ1v) is 8.15. The lowest BCUT2D eigenvalue weighted by atomic mass is 10.1. The number of hydrogen-bond acceptors (Lipinski definition) is 3. The smallest absolute Gasteiger partial charge is 0.308 e. The molecule has 7 heteroatoms. The van der Waals surface area contributed by atoms with Gasteiger partial charge in [0, 0.05) is 37.8 Å². The van der Waals surface area contributed by atoms with E-state index in [0.29, 0.717) is 19.4 Å². The van der Waals surface area contributed by atoms with Gasteiger partial charge < -0.3 is 14.9 Å². The average Bonchev–Trinajstić information content (AvgIpc) is 3.22. The van der Waals surface area contributed by atoms with E-state index in [0.717, 1.165) is 24.2 Å². The number of hydrogen-bond donors (Lipinski definition) is 1. The predicted molar refractivity (Wildman–Crippen MR) is 96.6 cm³/mol. The van der Waals surface area contributed by atoms with Crippen molar-refractivity contribution in [1.29, 1.82) is 0 Å². The van der Waals surface area contributed by atoms with Crippen LogP contribution in [0.25, 0.3) is 6.08 Å². The Morgan fingerprint density at radius 2 is 1.88 bits per heavy atom. The Morgan fingerprint density at radius 3 is 2.44 bits per heavy atom. The van der Waals surface area contributed by atoms with Crippen LogP contribution in [0.2, 0.25) is 0 Å². The Balaban J connectivity index is 0.00000225. The third-order valence-electron chi connectivity index (χ3n) is 4.55. The number of benzene rings is 1. The van der Waals surface area contributed by atoms with Crippen LogP contribution in [0.5, 0.6) is 0 Å². The van der Waals surface area contributed by atoms with E-state index in [-0.39, 0.29) is 30.8 Å². The number of likely N-dealkylation sites (tertiary alicyclic amines) is 1. The fourth-order valence-corrected chi connectivity index (χ4v) is 3.12. The minimum absolute atomic E-state index is 0. The number of carbonyl (C=O) groups is 3. The van der Waals surface area contributed by atoms with Crippen LogP contribution in [0.3, 0.4) is 0 Å². The molecule has 3 rings (SSSR count). The molecule has 2 amide bonds. The molecule has 25 heavy (non-hydrogen) atoms. The Hall–Kier alpha value is -2.34. The highest BCUT2D eigenvalue weighted by Gasteiger charge is 2.29. The maximum absolute atomic E-state index is 12.1. The molecule has 0 radical (unpaired) electrons. The summed E-state index contributed by atoms with van der Waals surface area (Å²) in [5.41, 5.74) is 1.75. The molecule has 134 valence electrons. The minimum atomic E-state index is -0.846. The fraction of sp³-hybridized carbons (Fsp3) is 0.389. The summed E-state index contributed by atoms with van der Waals surface area (Å²) in [7, 11) is 0. The second-order valence-electron chi connectivity index (χ2n) is 6.18. The topological polar surface area (TPSA) is 77.9 Å². The van der Waals surface area contributed by atoms with E-state index in [2.05, 4.69) is 0 Å². The van der Waals surface area contributed by atoms with Gasteiger partial charge in [0.25, 0.3) is 0 Å². The van der Waals surface area contributed by atoms with Crippen molar-refractivity contribution in [2.24, 2.45) is 5.92 Å². The molecule has 2 aliphatic heterocycles. The Morgan fingerprint density at radius 1 is 1.16 bits per heavy atom. The van der Waals surface area contributed by atoms with E-state index in [1.165, 1.54) is 6.08 Å². The Bertz CT molecular complexity index is 687. The van der Waals surface area contributed by atoms with Gasteiger partial charge in [-0.3, -0.25) is 14.4 Å². The lowest BCUT2D eigenvalue weighted by molar-refractivity contribution is -0.141. The molecule has 2 heterocycles. The van der Waals surface area contributed by atoms with E-state index >= 15 is 0 Å². The number of nitrogens with zero attached hydrogens (tertiary/aromatic N) is 2. The first-order valence-electron chi connectivity index (χ1n) is 8.15. The zero-order valence-corrected chi connectivity index (χ0v) is 14.6. The van der Waals surface area contributed by atoms with Crippen LogP contribution in [-0.2, 0) is 14.4 Å². The fourth-order valence-electron chi connectivity index (χ4n) is 3.12. The van der Waals surface area contributed by atoms with Gasteiger partial charge in [0.15, 0.2) is 0 Å². The van der Waals surface area contributed by atoms with Crippen LogP contribution < -0.4 is 4.90 Å². The van der Waals surface area contributed by atoms with Crippen molar-refractivity contribution >= 4 is 42.0 Å². The van der Waals surface area contributed by atoms with E-state index < -0.39 is 11.9 Å². The van der Waals surface area contributed by atoms with E-state index in [4.69, 9.17) is 5.11 Å². The largest absolute Gasteiger partial charge is 0.481 e.